The number of amides is 1. The lowest BCUT2D eigenvalue weighted by atomic mass is 10.2. The lowest BCUT2D eigenvalue weighted by Crippen LogP contribution is -2.41. The lowest BCUT2D eigenvalue weighted by molar-refractivity contribution is -0.122. The van der Waals surface area contributed by atoms with E-state index in [-0.39, 0.29) is 35.8 Å². The van der Waals surface area contributed by atoms with Crippen molar-refractivity contribution in [2.45, 2.75) is 39.5 Å². The van der Waals surface area contributed by atoms with Crippen molar-refractivity contribution in [1.82, 2.24) is 16.0 Å². The molecule has 1 aliphatic carbocycles. The summed E-state index contributed by atoms with van der Waals surface area (Å²) in [6.07, 6.45) is 4.02. The molecule has 1 amide bonds. The summed E-state index contributed by atoms with van der Waals surface area (Å²) in [5, 5.41) is 9.42. The van der Waals surface area contributed by atoms with Gasteiger partial charge in [-0.05, 0) is 51.7 Å². The number of aliphatic imine (C=N–C) groups is 1. The van der Waals surface area contributed by atoms with E-state index >= 15 is 0 Å². The largest absolute Gasteiger partial charge is 0.494 e. The molecular formula is C20H33IN4O2. The first-order valence-corrected chi connectivity index (χ1v) is 9.68. The van der Waals surface area contributed by atoms with Crippen LogP contribution in [0.25, 0.3) is 0 Å². The lowest BCUT2D eigenvalue weighted by Gasteiger charge is -2.12. The molecule has 1 aliphatic rings. The van der Waals surface area contributed by atoms with Crippen LogP contribution in [0.15, 0.2) is 29.3 Å². The third-order valence-corrected chi connectivity index (χ3v) is 4.12. The minimum Gasteiger partial charge on any atom is -0.494 e. The van der Waals surface area contributed by atoms with Crippen LogP contribution < -0.4 is 20.7 Å². The van der Waals surface area contributed by atoms with Crippen molar-refractivity contribution >= 4 is 35.8 Å². The van der Waals surface area contributed by atoms with Crippen molar-refractivity contribution in [3.8, 4) is 5.75 Å². The van der Waals surface area contributed by atoms with Gasteiger partial charge in [-0.15, -0.1) is 24.0 Å². The van der Waals surface area contributed by atoms with Crippen LogP contribution in [-0.2, 0) is 4.79 Å². The maximum absolute atomic E-state index is 11.6. The van der Waals surface area contributed by atoms with E-state index in [1.807, 2.05) is 19.1 Å². The van der Waals surface area contributed by atoms with E-state index in [0.29, 0.717) is 19.7 Å². The average Bonchev–Trinajstić information content (AvgIpc) is 3.48. The summed E-state index contributed by atoms with van der Waals surface area (Å²) in [4.78, 5) is 16.1. The van der Waals surface area contributed by atoms with Crippen molar-refractivity contribution in [3.63, 3.8) is 0 Å². The number of carbonyl (C=O) groups is 1. The van der Waals surface area contributed by atoms with Crippen LogP contribution >= 0.6 is 24.0 Å². The van der Waals surface area contributed by atoms with E-state index in [2.05, 4.69) is 40.0 Å². The monoisotopic (exact) mass is 488 g/mol. The number of halogens is 1. The quantitative estimate of drug-likeness (QED) is 0.194. The number of hydrogen-bond donors (Lipinski definition) is 3. The van der Waals surface area contributed by atoms with Crippen molar-refractivity contribution in [2.75, 3.05) is 32.8 Å². The SMILES string of the molecule is CCNC(=NCCCCOc1ccc(C)cc1)NCCNC(=O)C1CC1.I. The third kappa shape index (κ3) is 10.4. The Bertz CT molecular complexity index is 574. The predicted octanol–water partition coefficient (Wildman–Crippen LogP) is 2.85. The molecule has 1 aromatic rings. The fourth-order valence-electron chi connectivity index (χ4n) is 2.43. The van der Waals surface area contributed by atoms with E-state index < -0.39 is 0 Å². The standard InChI is InChI=1S/C20H32N4O2.HI/c1-3-21-20(24-14-13-22-19(25)17-8-9-17)23-12-4-5-15-26-18-10-6-16(2)7-11-18;/h6-7,10-11,17H,3-5,8-9,12-15H2,1-2H3,(H,22,25)(H2,21,23,24);1H. The van der Waals surface area contributed by atoms with Crippen molar-refractivity contribution in [2.24, 2.45) is 10.9 Å². The van der Waals surface area contributed by atoms with E-state index in [9.17, 15) is 4.79 Å². The summed E-state index contributed by atoms with van der Waals surface area (Å²) in [7, 11) is 0. The molecule has 1 aromatic carbocycles. The highest BCUT2D eigenvalue weighted by atomic mass is 127. The first kappa shape index (κ1) is 23.5. The normalized spacial score (nSPS) is 13.5. The molecule has 6 nitrogen and oxygen atoms in total. The Morgan fingerprint density at radius 2 is 1.81 bits per heavy atom. The van der Waals surface area contributed by atoms with Crippen LogP contribution in [0.4, 0.5) is 0 Å². The van der Waals surface area contributed by atoms with Gasteiger partial charge in [0.1, 0.15) is 5.75 Å². The average molecular weight is 488 g/mol. The number of hydrogen-bond acceptors (Lipinski definition) is 3. The van der Waals surface area contributed by atoms with Crippen LogP contribution in [0, 0.1) is 12.8 Å². The van der Waals surface area contributed by atoms with Crippen molar-refractivity contribution in [1.29, 1.82) is 0 Å². The maximum Gasteiger partial charge on any atom is 0.223 e. The molecule has 1 saturated carbocycles. The van der Waals surface area contributed by atoms with Gasteiger partial charge in [0.15, 0.2) is 5.96 Å². The van der Waals surface area contributed by atoms with Crippen LogP contribution in [0.3, 0.4) is 0 Å². The third-order valence-electron chi connectivity index (χ3n) is 4.12. The fourth-order valence-corrected chi connectivity index (χ4v) is 2.43. The van der Waals surface area contributed by atoms with Gasteiger partial charge in [0.2, 0.25) is 5.91 Å². The fraction of sp³-hybridized carbons (Fsp3) is 0.600. The Morgan fingerprint density at radius 3 is 2.48 bits per heavy atom. The highest BCUT2D eigenvalue weighted by Gasteiger charge is 2.28. The number of benzene rings is 1. The zero-order chi connectivity index (χ0) is 18.6. The highest BCUT2D eigenvalue weighted by Crippen LogP contribution is 2.28. The van der Waals surface area contributed by atoms with Gasteiger partial charge in [-0.1, -0.05) is 17.7 Å². The summed E-state index contributed by atoms with van der Waals surface area (Å²) < 4.78 is 5.72. The number of ether oxygens (including phenoxy) is 1. The van der Waals surface area contributed by atoms with E-state index in [1.54, 1.807) is 0 Å². The Labute approximate surface area is 179 Å². The molecule has 1 fully saturated rings. The minimum absolute atomic E-state index is 0. The topological polar surface area (TPSA) is 74.8 Å². The van der Waals surface area contributed by atoms with E-state index in [4.69, 9.17) is 4.74 Å². The Balaban J connectivity index is 0.00000364. The molecule has 7 heteroatoms. The molecule has 27 heavy (non-hydrogen) atoms. The molecule has 2 rings (SSSR count). The summed E-state index contributed by atoms with van der Waals surface area (Å²) >= 11 is 0. The second kappa shape index (κ2) is 13.6. The molecule has 0 aromatic heterocycles. The molecule has 0 unspecified atom stereocenters. The van der Waals surface area contributed by atoms with Crippen LogP contribution in [0.5, 0.6) is 5.75 Å². The van der Waals surface area contributed by atoms with Gasteiger partial charge in [0.25, 0.3) is 0 Å². The smallest absolute Gasteiger partial charge is 0.223 e. The zero-order valence-corrected chi connectivity index (χ0v) is 18.8. The molecular weight excluding hydrogens is 455 g/mol. The Kier molecular flexibility index (Phi) is 11.9. The van der Waals surface area contributed by atoms with Gasteiger partial charge in [0, 0.05) is 32.1 Å². The molecule has 152 valence electrons. The molecule has 0 spiro atoms. The summed E-state index contributed by atoms with van der Waals surface area (Å²) in [5.74, 6) is 2.16. The number of guanidine groups is 1. The van der Waals surface area contributed by atoms with Crippen LogP contribution in [-0.4, -0.2) is 44.7 Å². The Morgan fingerprint density at radius 1 is 1.11 bits per heavy atom. The van der Waals surface area contributed by atoms with Gasteiger partial charge in [-0.2, -0.15) is 0 Å². The van der Waals surface area contributed by atoms with Gasteiger partial charge >= 0.3 is 0 Å². The van der Waals surface area contributed by atoms with E-state index in [0.717, 1.165) is 50.5 Å². The Hall–Kier alpha value is -1.51. The second-order valence-corrected chi connectivity index (χ2v) is 6.62. The predicted molar refractivity (Wildman–Crippen MR) is 121 cm³/mol. The number of nitrogens with zero attached hydrogens (tertiary/aromatic N) is 1. The highest BCUT2D eigenvalue weighted by molar-refractivity contribution is 14.0. The van der Waals surface area contributed by atoms with Gasteiger partial charge in [-0.25, -0.2) is 0 Å². The van der Waals surface area contributed by atoms with E-state index in [1.165, 1.54) is 5.56 Å². The molecule has 0 aliphatic heterocycles. The number of nitrogens with one attached hydrogen (secondary N) is 3. The number of aryl methyl sites for hydroxylation is 1. The number of carbonyl (C=O) groups excluding carboxylic acids is 1. The van der Waals surface area contributed by atoms with Gasteiger partial charge in [0.05, 0.1) is 6.61 Å². The number of rotatable bonds is 11. The first-order valence-electron chi connectivity index (χ1n) is 9.68. The van der Waals surface area contributed by atoms with Crippen LogP contribution in [0.1, 0.15) is 38.2 Å². The molecule has 0 bridgehead atoms. The summed E-state index contributed by atoms with van der Waals surface area (Å²) in [6.45, 7) is 7.69. The summed E-state index contributed by atoms with van der Waals surface area (Å²) in [6, 6.07) is 8.12. The van der Waals surface area contributed by atoms with Crippen molar-refractivity contribution < 1.29 is 9.53 Å². The minimum atomic E-state index is 0. The molecule has 0 radical (unpaired) electrons. The molecule has 0 heterocycles. The van der Waals surface area contributed by atoms with Gasteiger partial charge in [-0.3, -0.25) is 9.79 Å². The van der Waals surface area contributed by atoms with Crippen LogP contribution in [0.2, 0.25) is 0 Å². The molecule has 0 saturated heterocycles. The molecule has 0 atom stereocenters. The second-order valence-electron chi connectivity index (χ2n) is 6.62. The van der Waals surface area contributed by atoms with Gasteiger partial charge < -0.3 is 20.7 Å². The maximum atomic E-state index is 11.6. The number of unbranched alkanes of at least 4 members (excludes halogenated alkanes) is 1. The van der Waals surface area contributed by atoms with Crippen molar-refractivity contribution in [3.05, 3.63) is 29.8 Å². The zero-order valence-electron chi connectivity index (χ0n) is 16.4. The summed E-state index contributed by atoms with van der Waals surface area (Å²) in [5.41, 5.74) is 1.24. The first-order chi connectivity index (χ1) is 12.7. The molecule has 3 N–H and O–H groups in total.